The lowest BCUT2D eigenvalue weighted by molar-refractivity contribution is -0.120. The quantitative estimate of drug-likeness (QED) is 0.810. The van der Waals surface area contributed by atoms with Crippen molar-refractivity contribution in [2.24, 2.45) is 0 Å². The highest BCUT2D eigenvalue weighted by molar-refractivity contribution is 7.85. The van der Waals surface area contributed by atoms with Gasteiger partial charge >= 0.3 is 0 Å². The lowest BCUT2D eigenvalue weighted by atomic mass is 10.2. The number of halogens is 1. The van der Waals surface area contributed by atoms with Gasteiger partial charge in [-0.05, 0) is 25.1 Å². The number of nitrogen functional groups attached to an aromatic ring is 1. The standard InChI is InChI=1S/C13H18FN3O2S/c1-9(17-4-6-20(19)7-5-17)13(18)16-10-2-3-11(14)12(15)8-10/h2-3,8-9H,4-7,15H2,1H3,(H,16,18). The zero-order valence-corrected chi connectivity index (χ0v) is 12.1. The second-order valence-corrected chi connectivity index (χ2v) is 6.48. The van der Waals surface area contributed by atoms with Crippen molar-refractivity contribution in [2.75, 3.05) is 35.6 Å². The number of rotatable bonds is 3. The van der Waals surface area contributed by atoms with Gasteiger partial charge in [0.05, 0.1) is 11.7 Å². The van der Waals surface area contributed by atoms with Crippen molar-refractivity contribution in [1.29, 1.82) is 0 Å². The predicted molar refractivity (Wildman–Crippen MR) is 78.4 cm³/mol. The molecule has 1 amide bonds. The minimum Gasteiger partial charge on any atom is -0.396 e. The fraction of sp³-hybridized carbons (Fsp3) is 0.462. The SMILES string of the molecule is CC(C(=O)Nc1ccc(F)c(N)c1)N1CCS(=O)CC1. The average Bonchev–Trinajstić information content (AvgIpc) is 2.43. The van der Waals surface area contributed by atoms with Gasteiger partial charge in [0.2, 0.25) is 5.91 Å². The molecule has 3 N–H and O–H groups in total. The van der Waals surface area contributed by atoms with Gasteiger partial charge in [-0.15, -0.1) is 0 Å². The van der Waals surface area contributed by atoms with Crippen molar-refractivity contribution in [2.45, 2.75) is 13.0 Å². The molecule has 1 aromatic rings. The van der Waals surface area contributed by atoms with Crippen LogP contribution in [0.25, 0.3) is 0 Å². The minimum atomic E-state index is -0.766. The molecule has 0 aliphatic carbocycles. The third-order valence-corrected chi connectivity index (χ3v) is 4.68. The van der Waals surface area contributed by atoms with Crippen molar-refractivity contribution < 1.29 is 13.4 Å². The molecule has 1 unspecified atom stereocenters. The summed E-state index contributed by atoms with van der Waals surface area (Å²) in [6, 6.07) is 3.77. The molecule has 20 heavy (non-hydrogen) atoms. The van der Waals surface area contributed by atoms with E-state index in [2.05, 4.69) is 5.32 Å². The number of anilines is 2. The van der Waals surface area contributed by atoms with Crippen LogP contribution in [0.5, 0.6) is 0 Å². The normalized spacial score (nSPS) is 18.7. The van der Waals surface area contributed by atoms with Gasteiger partial charge in [-0.2, -0.15) is 0 Å². The number of carbonyl (C=O) groups is 1. The smallest absolute Gasteiger partial charge is 0.241 e. The Hall–Kier alpha value is -1.47. The molecule has 2 rings (SSSR count). The summed E-state index contributed by atoms with van der Waals surface area (Å²) < 4.78 is 24.3. The first-order valence-corrected chi connectivity index (χ1v) is 7.91. The molecule has 0 radical (unpaired) electrons. The van der Waals surface area contributed by atoms with Crippen LogP contribution in [0, 0.1) is 5.82 Å². The van der Waals surface area contributed by atoms with E-state index in [1.54, 1.807) is 6.92 Å². The monoisotopic (exact) mass is 299 g/mol. The Balaban J connectivity index is 1.96. The van der Waals surface area contributed by atoms with E-state index in [0.29, 0.717) is 30.3 Å². The highest BCUT2D eigenvalue weighted by atomic mass is 32.2. The molecule has 1 aromatic carbocycles. The van der Waals surface area contributed by atoms with Crippen molar-refractivity contribution in [3.05, 3.63) is 24.0 Å². The first-order chi connectivity index (χ1) is 9.47. The average molecular weight is 299 g/mol. The van der Waals surface area contributed by atoms with E-state index in [1.807, 2.05) is 4.90 Å². The van der Waals surface area contributed by atoms with Crippen LogP contribution in [-0.4, -0.2) is 45.7 Å². The summed E-state index contributed by atoms with van der Waals surface area (Å²) in [6.07, 6.45) is 0. The van der Waals surface area contributed by atoms with Crippen LogP contribution in [0.15, 0.2) is 18.2 Å². The van der Waals surface area contributed by atoms with Gasteiger partial charge in [0.15, 0.2) is 0 Å². The highest BCUT2D eigenvalue weighted by Gasteiger charge is 2.25. The van der Waals surface area contributed by atoms with Crippen molar-refractivity contribution in [3.8, 4) is 0 Å². The molecule has 1 aliphatic heterocycles. The first kappa shape index (κ1) is 14.9. The van der Waals surface area contributed by atoms with Gasteiger partial charge in [-0.1, -0.05) is 0 Å². The van der Waals surface area contributed by atoms with Crippen molar-refractivity contribution in [3.63, 3.8) is 0 Å². The van der Waals surface area contributed by atoms with Crippen LogP contribution in [0.2, 0.25) is 0 Å². The lowest BCUT2D eigenvalue weighted by Gasteiger charge is -2.31. The molecule has 110 valence electrons. The minimum absolute atomic E-state index is 0.00354. The van der Waals surface area contributed by atoms with Gasteiger partial charge in [0, 0.05) is 41.1 Å². The molecule has 1 fully saturated rings. The number of carbonyl (C=O) groups excluding carboxylic acids is 1. The van der Waals surface area contributed by atoms with E-state index >= 15 is 0 Å². The Morgan fingerprint density at radius 1 is 1.45 bits per heavy atom. The number of hydrogen-bond acceptors (Lipinski definition) is 4. The van der Waals surface area contributed by atoms with Crippen LogP contribution in [0.4, 0.5) is 15.8 Å². The van der Waals surface area contributed by atoms with Gasteiger partial charge in [-0.25, -0.2) is 4.39 Å². The number of hydrogen-bond donors (Lipinski definition) is 2. The number of amides is 1. The Bertz CT molecular complexity index is 528. The molecule has 1 heterocycles. The van der Waals surface area contributed by atoms with E-state index in [4.69, 9.17) is 5.73 Å². The van der Waals surface area contributed by atoms with E-state index < -0.39 is 16.6 Å². The molecule has 1 saturated heterocycles. The van der Waals surface area contributed by atoms with Gasteiger partial charge in [0.1, 0.15) is 5.82 Å². The third-order valence-electron chi connectivity index (χ3n) is 3.40. The second kappa shape index (κ2) is 6.32. The molecule has 0 spiro atoms. The molecule has 5 nitrogen and oxygen atoms in total. The predicted octanol–water partition coefficient (Wildman–Crippen LogP) is 0.799. The van der Waals surface area contributed by atoms with Crippen LogP contribution >= 0.6 is 0 Å². The maximum atomic E-state index is 13.0. The lowest BCUT2D eigenvalue weighted by Crippen LogP contribution is -2.48. The van der Waals surface area contributed by atoms with Crippen LogP contribution in [-0.2, 0) is 15.6 Å². The maximum Gasteiger partial charge on any atom is 0.241 e. The number of nitrogens with two attached hydrogens (primary N) is 1. The summed E-state index contributed by atoms with van der Waals surface area (Å²) in [4.78, 5) is 14.1. The summed E-state index contributed by atoms with van der Waals surface area (Å²) in [7, 11) is -0.766. The fourth-order valence-electron chi connectivity index (χ4n) is 2.07. The Kier molecular flexibility index (Phi) is 4.72. The fourth-order valence-corrected chi connectivity index (χ4v) is 3.15. The number of benzene rings is 1. The largest absolute Gasteiger partial charge is 0.396 e. The highest BCUT2D eigenvalue weighted by Crippen LogP contribution is 2.17. The summed E-state index contributed by atoms with van der Waals surface area (Å²) in [5.41, 5.74) is 5.94. The van der Waals surface area contributed by atoms with Crippen LogP contribution in [0.3, 0.4) is 0 Å². The topological polar surface area (TPSA) is 75.4 Å². The summed E-state index contributed by atoms with van der Waals surface area (Å²) in [5.74, 6) is 0.514. The van der Waals surface area contributed by atoms with Gasteiger partial charge in [-0.3, -0.25) is 13.9 Å². The Morgan fingerprint density at radius 2 is 2.10 bits per heavy atom. The van der Waals surface area contributed by atoms with E-state index in [9.17, 15) is 13.4 Å². The van der Waals surface area contributed by atoms with Crippen molar-refractivity contribution in [1.82, 2.24) is 4.90 Å². The summed E-state index contributed by atoms with van der Waals surface area (Å²) >= 11 is 0. The molecule has 1 aliphatic rings. The van der Waals surface area contributed by atoms with Crippen LogP contribution in [0.1, 0.15) is 6.92 Å². The molecule has 0 aromatic heterocycles. The molecule has 7 heteroatoms. The first-order valence-electron chi connectivity index (χ1n) is 6.42. The van der Waals surface area contributed by atoms with Crippen molar-refractivity contribution >= 4 is 28.1 Å². The molecule has 1 atom stereocenters. The Morgan fingerprint density at radius 3 is 2.70 bits per heavy atom. The molecule has 0 bridgehead atoms. The third kappa shape index (κ3) is 3.55. The Labute approximate surface area is 119 Å². The van der Waals surface area contributed by atoms with Gasteiger partial charge in [0.25, 0.3) is 0 Å². The maximum absolute atomic E-state index is 13.0. The molecular weight excluding hydrogens is 281 g/mol. The number of nitrogens with zero attached hydrogens (tertiary/aromatic N) is 1. The summed E-state index contributed by atoms with van der Waals surface area (Å²) in [5, 5.41) is 2.72. The second-order valence-electron chi connectivity index (χ2n) is 4.79. The molecular formula is C13H18FN3O2S. The van der Waals surface area contributed by atoms with Gasteiger partial charge < -0.3 is 11.1 Å². The van der Waals surface area contributed by atoms with E-state index in [1.165, 1.54) is 18.2 Å². The summed E-state index contributed by atoms with van der Waals surface area (Å²) in [6.45, 7) is 3.09. The zero-order valence-electron chi connectivity index (χ0n) is 11.3. The molecule has 0 saturated carbocycles. The zero-order chi connectivity index (χ0) is 14.7. The van der Waals surface area contributed by atoms with E-state index in [-0.39, 0.29) is 17.6 Å². The van der Waals surface area contributed by atoms with E-state index in [0.717, 1.165) is 0 Å². The van der Waals surface area contributed by atoms with Crippen LogP contribution < -0.4 is 11.1 Å². The number of nitrogens with one attached hydrogen (secondary N) is 1.